The normalized spacial score (nSPS) is 16.0. The van der Waals surface area contributed by atoms with Crippen molar-refractivity contribution in [1.29, 1.82) is 5.41 Å². The van der Waals surface area contributed by atoms with Gasteiger partial charge in [0.2, 0.25) is 53.2 Å². The van der Waals surface area contributed by atoms with E-state index in [9.17, 15) is 73.2 Å². The van der Waals surface area contributed by atoms with Crippen LogP contribution in [0.25, 0.3) is 0 Å². The summed E-state index contributed by atoms with van der Waals surface area (Å²) in [5.74, 6) is -13.6. The number of carboxylic acids is 2. The number of guanidine groups is 1. The number of primary amides is 1. The number of aliphatic hydroxyl groups is 1. The molecule has 28 heteroatoms. The lowest BCUT2D eigenvalue weighted by Gasteiger charge is -2.35. The summed E-state index contributed by atoms with van der Waals surface area (Å²) in [5, 5.41) is 69.9. The van der Waals surface area contributed by atoms with E-state index in [-0.39, 0.29) is 43.9 Å². The predicted octanol–water partition coefficient (Wildman–Crippen LogP) is -2.21. The zero-order valence-corrected chi connectivity index (χ0v) is 47.6. The van der Waals surface area contributed by atoms with Gasteiger partial charge < -0.3 is 85.5 Å². The van der Waals surface area contributed by atoms with Crippen LogP contribution in [0, 0.1) is 28.1 Å². The van der Waals surface area contributed by atoms with Crippen molar-refractivity contribution in [3.8, 4) is 5.75 Å². The monoisotopic (exact) mass is 1130 g/mol. The van der Waals surface area contributed by atoms with Crippen molar-refractivity contribution in [3.63, 3.8) is 0 Å². The molecular weight excluding hydrogens is 1050 g/mol. The van der Waals surface area contributed by atoms with E-state index in [0.717, 1.165) is 6.92 Å². The second kappa shape index (κ2) is 32.5. The van der Waals surface area contributed by atoms with Crippen molar-refractivity contribution >= 4 is 71.1 Å². The minimum Gasteiger partial charge on any atom is -0.508 e. The molecule has 450 valence electrons. The lowest BCUT2D eigenvalue weighted by atomic mass is 9.84. The first-order chi connectivity index (χ1) is 36.9. The Labute approximate surface area is 466 Å². The van der Waals surface area contributed by atoms with Gasteiger partial charge in [-0.05, 0) is 66.5 Å². The Morgan fingerprint density at radius 2 is 1.02 bits per heavy atom. The molecule has 0 aromatic heterocycles. The van der Waals surface area contributed by atoms with Gasteiger partial charge >= 0.3 is 11.9 Å². The van der Waals surface area contributed by atoms with Gasteiger partial charge in [-0.2, -0.15) is 0 Å². The molecular formula is C52H87N13O15. The SMILES string of the molecule is CC[C@H](C)[C@H](NC(=O)[C@@H](N)C(C)(C)C)C(=O)N[C@H](C(=O)N[C@H](C(=O)N[C@H](C(=O)N[C@@H](CC(=O)O)C(=O)N[C@@H](CCC(N)=O)C(=O)N[C@@H](Cc1ccc(O)cc1)C(=O)N[C@@H](CCCNC(=N)N)C(=O)O)[C@@H](C)O)[C@@H](C)CC)C(C)(C)C. The van der Waals surface area contributed by atoms with Gasteiger partial charge in [-0.25, -0.2) is 4.79 Å². The number of hydrogen-bond acceptors (Lipinski definition) is 15. The number of aliphatic hydroxyl groups excluding tert-OH is 1. The van der Waals surface area contributed by atoms with Crippen LogP contribution in [0.3, 0.4) is 0 Å². The molecule has 0 radical (unpaired) electrons. The summed E-state index contributed by atoms with van der Waals surface area (Å²) in [5.41, 5.74) is 15.5. The Bertz CT molecular complexity index is 2340. The Kier molecular flexibility index (Phi) is 28.6. The summed E-state index contributed by atoms with van der Waals surface area (Å²) in [4.78, 5) is 148. The second-order valence-electron chi connectivity index (χ2n) is 22.2. The number of nitrogens with two attached hydrogens (primary N) is 3. The molecule has 0 aliphatic heterocycles. The molecule has 1 aromatic carbocycles. The van der Waals surface area contributed by atoms with Crippen LogP contribution < -0.4 is 65.1 Å². The second-order valence-corrected chi connectivity index (χ2v) is 22.2. The van der Waals surface area contributed by atoms with Crippen molar-refractivity contribution in [1.82, 2.24) is 47.9 Å². The maximum Gasteiger partial charge on any atom is 0.326 e. The fraction of sp³-hybridized carbons (Fsp3) is 0.654. The van der Waals surface area contributed by atoms with E-state index in [2.05, 4.69) is 47.9 Å². The third-order valence-corrected chi connectivity index (χ3v) is 13.2. The van der Waals surface area contributed by atoms with E-state index in [1.165, 1.54) is 24.3 Å². The number of carbonyl (C=O) groups is 11. The van der Waals surface area contributed by atoms with Gasteiger partial charge in [0.25, 0.3) is 0 Å². The van der Waals surface area contributed by atoms with Crippen molar-refractivity contribution in [2.45, 2.75) is 188 Å². The summed E-state index contributed by atoms with van der Waals surface area (Å²) in [6, 6.07) is -8.35. The largest absolute Gasteiger partial charge is 0.508 e. The summed E-state index contributed by atoms with van der Waals surface area (Å²) in [6.45, 7) is 18.3. The van der Waals surface area contributed by atoms with Gasteiger partial charge in [-0.15, -0.1) is 0 Å². The zero-order valence-electron chi connectivity index (χ0n) is 47.6. The number of phenols is 1. The van der Waals surface area contributed by atoms with Crippen LogP contribution in [0.4, 0.5) is 0 Å². The highest BCUT2D eigenvalue weighted by Gasteiger charge is 2.41. The number of carboxylic acid groups (broad SMARTS) is 2. The first-order valence-electron chi connectivity index (χ1n) is 26.4. The molecule has 0 unspecified atom stereocenters. The number of rotatable bonds is 33. The van der Waals surface area contributed by atoms with E-state index in [1.54, 1.807) is 62.3 Å². The highest BCUT2D eigenvalue weighted by molar-refractivity contribution is 5.99. The van der Waals surface area contributed by atoms with Gasteiger partial charge in [0.05, 0.1) is 18.6 Å². The van der Waals surface area contributed by atoms with Gasteiger partial charge in [-0.1, -0.05) is 94.2 Å². The molecule has 0 saturated heterocycles. The molecule has 0 saturated carbocycles. The minimum absolute atomic E-state index is 0.0846. The summed E-state index contributed by atoms with van der Waals surface area (Å²) in [7, 11) is 0. The average molecular weight is 1130 g/mol. The molecule has 80 heavy (non-hydrogen) atoms. The van der Waals surface area contributed by atoms with E-state index >= 15 is 0 Å². The Balaban J connectivity index is 3.56. The first-order valence-corrected chi connectivity index (χ1v) is 26.4. The summed E-state index contributed by atoms with van der Waals surface area (Å²) in [6.07, 6.45) is -3.63. The Hall–Kier alpha value is -7.62. The molecule has 0 aliphatic carbocycles. The number of aliphatic carboxylic acids is 2. The molecule has 12 atom stereocenters. The first kappa shape index (κ1) is 70.4. The molecule has 0 aliphatic rings. The van der Waals surface area contributed by atoms with E-state index in [4.69, 9.17) is 22.6 Å². The molecule has 9 amide bonds. The van der Waals surface area contributed by atoms with E-state index in [1.807, 2.05) is 6.92 Å². The van der Waals surface area contributed by atoms with Crippen molar-refractivity contribution < 1.29 is 73.2 Å². The topological polar surface area (TPSA) is 479 Å². The van der Waals surface area contributed by atoms with Crippen LogP contribution in [-0.4, -0.2) is 159 Å². The molecule has 0 fully saturated rings. The number of phenolic OH excluding ortho intramolecular Hbond substituents is 1. The smallest absolute Gasteiger partial charge is 0.326 e. The molecule has 0 heterocycles. The number of aromatic hydroxyl groups is 1. The maximum absolute atomic E-state index is 14.2. The lowest BCUT2D eigenvalue weighted by Crippen LogP contribution is -2.64. The number of carbonyl (C=O) groups excluding carboxylic acids is 9. The predicted molar refractivity (Wildman–Crippen MR) is 292 cm³/mol. The fourth-order valence-corrected chi connectivity index (χ4v) is 7.71. The van der Waals surface area contributed by atoms with Crippen LogP contribution in [0.2, 0.25) is 0 Å². The fourth-order valence-electron chi connectivity index (χ4n) is 7.71. The van der Waals surface area contributed by atoms with Gasteiger partial charge in [0.1, 0.15) is 54.1 Å². The number of amides is 9. The van der Waals surface area contributed by atoms with Crippen molar-refractivity contribution in [2.75, 3.05) is 6.54 Å². The third kappa shape index (κ3) is 24.2. The van der Waals surface area contributed by atoms with Crippen LogP contribution in [-0.2, 0) is 59.2 Å². The third-order valence-electron chi connectivity index (χ3n) is 13.2. The van der Waals surface area contributed by atoms with E-state index < -0.39 is 168 Å². The summed E-state index contributed by atoms with van der Waals surface area (Å²) >= 11 is 0. The Morgan fingerprint density at radius 3 is 1.49 bits per heavy atom. The quantitative estimate of drug-likeness (QED) is 0.0202. The highest BCUT2D eigenvalue weighted by Crippen LogP contribution is 2.23. The minimum atomic E-state index is -2.05. The molecule has 20 N–H and O–H groups in total. The maximum atomic E-state index is 14.2. The van der Waals surface area contributed by atoms with Crippen molar-refractivity contribution in [3.05, 3.63) is 29.8 Å². The van der Waals surface area contributed by atoms with E-state index in [0.29, 0.717) is 12.0 Å². The van der Waals surface area contributed by atoms with Crippen LogP contribution in [0.1, 0.15) is 127 Å². The Morgan fingerprint density at radius 1 is 0.575 bits per heavy atom. The van der Waals surface area contributed by atoms with Crippen LogP contribution in [0.5, 0.6) is 5.75 Å². The highest BCUT2D eigenvalue weighted by atomic mass is 16.4. The van der Waals surface area contributed by atoms with Gasteiger partial charge in [0, 0.05) is 19.4 Å². The number of nitrogens with one attached hydrogen (secondary N) is 10. The molecule has 0 bridgehead atoms. The summed E-state index contributed by atoms with van der Waals surface area (Å²) < 4.78 is 0. The average Bonchev–Trinajstić information content (AvgIpc) is 3.35. The standard InChI is InChI=1S/C52H87N13O15/c1-12-25(3)36(63-48(78)40(52(9,10)11)65-45(75)37(26(4)13-2)62-47(77)39(54)51(6,7)8)44(74)64-38(27(5)66)46(76)61-33(24-35(69)70)43(73)58-30(20-21-34(53)68)41(71)60-32(23-28-16-18-29(67)19-17-28)42(72)59-31(49(79)80)15-14-22-57-50(55)56/h16-19,25-27,30-33,36-40,66-67H,12-15,20-24,54H2,1-11H3,(H2,53,68)(H,58,73)(H,59,72)(H,60,71)(H,61,76)(H,62,77)(H,63,78)(H,64,74)(H,65,75)(H,69,70)(H,79,80)(H4,55,56,57)/t25-,26-,27+,30-,31-,32-,33-,36-,37-,38-,39+,40+/m0/s1. The van der Waals surface area contributed by atoms with Crippen LogP contribution >= 0.6 is 0 Å². The van der Waals surface area contributed by atoms with Gasteiger partial charge in [-0.3, -0.25) is 53.4 Å². The van der Waals surface area contributed by atoms with Gasteiger partial charge in [0.15, 0.2) is 5.96 Å². The van der Waals surface area contributed by atoms with Crippen molar-refractivity contribution in [2.24, 2.45) is 39.9 Å². The zero-order chi connectivity index (χ0) is 61.6. The molecule has 28 nitrogen and oxygen atoms in total. The molecule has 0 spiro atoms. The van der Waals surface area contributed by atoms with Crippen LogP contribution in [0.15, 0.2) is 24.3 Å². The molecule has 1 aromatic rings. The number of hydrogen-bond donors (Lipinski definition) is 17. The lowest BCUT2D eigenvalue weighted by molar-refractivity contribution is -0.142. The molecule has 1 rings (SSSR count). The number of benzene rings is 1.